The lowest BCUT2D eigenvalue weighted by atomic mass is 9.97. The third-order valence-electron chi connectivity index (χ3n) is 5.93. The highest BCUT2D eigenvalue weighted by atomic mass is 35.5. The van der Waals surface area contributed by atoms with Crippen molar-refractivity contribution in [3.8, 4) is 16.2 Å². The van der Waals surface area contributed by atoms with E-state index in [0.29, 0.717) is 39.1 Å². The van der Waals surface area contributed by atoms with Crippen LogP contribution in [0.1, 0.15) is 36.7 Å². The van der Waals surface area contributed by atoms with E-state index in [2.05, 4.69) is 6.07 Å². The molecule has 4 aromatic rings. The first-order chi connectivity index (χ1) is 18.2. The smallest absolute Gasteiger partial charge is 0.338 e. The Morgan fingerprint density at radius 1 is 0.974 bits per heavy atom. The van der Waals surface area contributed by atoms with Gasteiger partial charge in [-0.3, -0.25) is 4.79 Å². The normalized spacial score (nSPS) is 11.9. The number of ether oxygens (including phenoxy) is 2. The predicted molar refractivity (Wildman–Crippen MR) is 156 cm³/mol. The summed E-state index contributed by atoms with van der Waals surface area (Å²) >= 11 is 14.3. The van der Waals surface area contributed by atoms with E-state index < -0.39 is 0 Å². The van der Waals surface area contributed by atoms with Crippen LogP contribution in [0.25, 0.3) is 26.2 Å². The van der Waals surface area contributed by atoms with Crippen molar-refractivity contribution in [3.05, 3.63) is 93.5 Å². The molecular weight excluding hydrogens is 541 g/mol. The highest BCUT2D eigenvalue weighted by Gasteiger charge is 2.22. The number of thiophene rings is 1. The summed E-state index contributed by atoms with van der Waals surface area (Å²) < 4.78 is 12.2. The molecule has 3 aromatic carbocycles. The van der Waals surface area contributed by atoms with Crippen molar-refractivity contribution in [2.75, 3.05) is 13.2 Å². The Hall–Kier alpha value is -3.32. The fourth-order valence-corrected chi connectivity index (χ4v) is 5.58. The zero-order chi connectivity index (χ0) is 27.4. The van der Waals surface area contributed by atoms with E-state index in [0.717, 1.165) is 20.5 Å². The molecule has 196 valence electrons. The topological polar surface area (TPSA) is 78.6 Å². The Morgan fingerprint density at radius 3 is 2.29 bits per heavy atom. The van der Waals surface area contributed by atoms with Gasteiger partial charge in [0, 0.05) is 21.1 Å². The Labute approximate surface area is 235 Å². The maximum Gasteiger partial charge on any atom is 0.338 e. The molecule has 0 radical (unpaired) electrons. The number of hydrogen-bond donors (Lipinski definition) is 1. The van der Waals surface area contributed by atoms with E-state index in [1.165, 1.54) is 0 Å². The maximum atomic E-state index is 13.0. The molecular formula is C30H27Cl2NO4S. The van der Waals surface area contributed by atoms with Crippen LogP contribution in [0.4, 0.5) is 0 Å². The first kappa shape index (κ1) is 27.7. The van der Waals surface area contributed by atoms with Crippen LogP contribution in [-0.2, 0) is 9.53 Å². The summed E-state index contributed by atoms with van der Waals surface area (Å²) in [5.74, 6) is -0.153. The van der Waals surface area contributed by atoms with Crippen molar-refractivity contribution in [1.82, 2.24) is 0 Å². The molecule has 2 N–H and O–H groups in total. The van der Waals surface area contributed by atoms with Gasteiger partial charge in [0.05, 0.1) is 33.5 Å². The predicted octanol–water partition coefficient (Wildman–Crippen LogP) is 8.03. The molecule has 0 aliphatic heterocycles. The van der Waals surface area contributed by atoms with Crippen LogP contribution in [0.15, 0.2) is 72.3 Å². The van der Waals surface area contributed by atoms with Crippen molar-refractivity contribution in [2.45, 2.75) is 20.8 Å². The van der Waals surface area contributed by atoms with Crippen molar-refractivity contribution in [1.29, 1.82) is 0 Å². The van der Waals surface area contributed by atoms with Crippen LogP contribution in [-0.4, -0.2) is 25.0 Å². The minimum absolute atomic E-state index is 0.0256. The second kappa shape index (κ2) is 12.0. The van der Waals surface area contributed by atoms with E-state index in [4.69, 9.17) is 38.4 Å². The van der Waals surface area contributed by atoms with Gasteiger partial charge in [-0.25, -0.2) is 4.79 Å². The van der Waals surface area contributed by atoms with Crippen LogP contribution in [0.3, 0.4) is 0 Å². The van der Waals surface area contributed by atoms with Gasteiger partial charge in [-0.05, 0) is 66.4 Å². The summed E-state index contributed by atoms with van der Waals surface area (Å²) in [7, 11) is 0. The lowest BCUT2D eigenvalue weighted by Crippen LogP contribution is -2.21. The van der Waals surface area contributed by atoms with Gasteiger partial charge in [-0.1, -0.05) is 55.2 Å². The Morgan fingerprint density at radius 2 is 1.66 bits per heavy atom. The molecule has 0 saturated heterocycles. The molecule has 0 aliphatic rings. The molecule has 0 aliphatic carbocycles. The average molecular weight is 569 g/mol. The molecule has 0 atom stereocenters. The summed E-state index contributed by atoms with van der Waals surface area (Å²) in [4.78, 5) is 26.0. The van der Waals surface area contributed by atoms with Gasteiger partial charge < -0.3 is 15.2 Å². The zero-order valence-corrected chi connectivity index (χ0v) is 23.5. The SMILES string of the molecule is CCOC(=O)c1ccc(-c2cc3cc(OC/C(C(=O)C(C)C)=C(/N)c4c(Cl)cccc4Cl)ccc3s2)cc1. The summed E-state index contributed by atoms with van der Waals surface area (Å²) in [5, 5.41) is 1.73. The van der Waals surface area contributed by atoms with Crippen LogP contribution >= 0.6 is 34.5 Å². The quantitative estimate of drug-likeness (QED) is 0.163. The number of carbonyl (C=O) groups is 2. The Balaban J connectivity index is 1.59. The van der Waals surface area contributed by atoms with E-state index in [9.17, 15) is 9.59 Å². The molecule has 0 amide bonds. The number of Topliss-reactive ketones (excluding diaryl/α,β-unsaturated/α-hetero) is 1. The number of esters is 1. The standard InChI is InChI=1S/C30H27Cl2NO4S/c1-4-36-30(35)19-10-8-18(9-11-19)26-15-20-14-21(12-13-25(20)38-26)37-16-22(29(34)17(2)3)28(33)27-23(31)6-5-7-24(27)32/h5-15,17H,4,16,33H2,1-3H3/b28-22-. The molecule has 1 heterocycles. The van der Waals surface area contributed by atoms with E-state index in [1.807, 2.05) is 44.2 Å². The van der Waals surface area contributed by atoms with E-state index in [-0.39, 0.29) is 30.0 Å². The molecule has 1 aromatic heterocycles. The highest BCUT2D eigenvalue weighted by Crippen LogP contribution is 2.36. The fourth-order valence-electron chi connectivity index (χ4n) is 3.93. The largest absolute Gasteiger partial charge is 0.489 e. The van der Waals surface area contributed by atoms with E-state index in [1.54, 1.807) is 48.6 Å². The molecule has 8 heteroatoms. The Bertz CT molecular complexity index is 1500. The van der Waals surface area contributed by atoms with Gasteiger partial charge in [0.25, 0.3) is 0 Å². The molecule has 5 nitrogen and oxygen atoms in total. The lowest BCUT2D eigenvalue weighted by Gasteiger charge is -2.16. The number of carbonyl (C=O) groups excluding carboxylic acids is 2. The summed E-state index contributed by atoms with van der Waals surface area (Å²) in [6.07, 6.45) is 0. The number of hydrogen-bond acceptors (Lipinski definition) is 6. The number of benzene rings is 3. The van der Waals surface area contributed by atoms with Gasteiger partial charge in [0.1, 0.15) is 12.4 Å². The first-order valence-corrected chi connectivity index (χ1v) is 13.7. The van der Waals surface area contributed by atoms with Crippen molar-refractivity contribution < 1.29 is 19.1 Å². The number of nitrogens with two attached hydrogens (primary N) is 1. The average Bonchev–Trinajstić information content (AvgIpc) is 3.32. The van der Waals surface area contributed by atoms with Crippen LogP contribution < -0.4 is 10.5 Å². The zero-order valence-electron chi connectivity index (χ0n) is 21.2. The van der Waals surface area contributed by atoms with E-state index >= 15 is 0 Å². The van der Waals surface area contributed by atoms with Crippen LogP contribution in [0, 0.1) is 5.92 Å². The molecule has 38 heavy (non-hydrogen) atoms. The van der Waals surface area contributed by atoms with Crippen LogP contribution in [0.2, 0.25) is 10.0 Å². The molecule has 4 rings (SSSR count). The number of fused-ring (bicyclic) bond motifs is 1. The monoisotopic (exact) mass is 567 g/mol. The highest BCUT2D eigenvalue weighted by molar-refractivity contribution is 7.22. The minimum atomic E-state index is -0.334. The molecule has 0 spiro atoms. The van der Waals surface area contributed by atoms with Crippen molar-refractivity contribution in [3.63, 3.8) is 0 Å². The summed E-state index contributed by atoms with van der Waals surface area (Å²) in [6, 6.07) is 20.3. The number of halogens is 2. The third kappa shape index (κ3) is 6.04. The third-order valence-corrected chi connectivity index (χ3v) is 7.73. The van der Waals surface area contributed by atoms with Crippen molar-refractivity contribution in [2.24, 2.45) is 11.7 Å². The Kier molecular flexibility index (Phi) is 8.77. The van der Waals surface area contributed by atoms with Crippen molar-refractivity contribution >= 4 is 62.1 Å². The fraction of sp³-hybridized carbons (Fsp3) is 0.200. The van der Waals surface area contributed by atoms with Gasteiger partial charge in [0.2, 0.25) is 0 Å². The molecule has 0 fully saturated rings. The van der Waals surface area contributed by atoms with Crippen LogP contribution in [0.5, 0.6) is 5.75 Å². The second-order valence-corrected chi connectivity index (χ2v) is 10.8. The van der Waals surface area contributed by atoms with Gasteiger partial charge in [-0.15, -0.1) is 11.3 Å². The summed E-state index contributed by atoms with van der Waals surface area (Å²) in [5.41, 5.74) is 8.91. The van der Waals surface area contributed by atoms with Gasteiger partial charge in [-0.2, -0.15) is 0 Å². The summed E-state index contributed by atoms with van der Waals surface area (Å²) in [6.45, 7) is 5.71. The number of rotatable bonds is 9. The second-order valence-electron chi connectivity index (χ2n) is 8.90. The molecule has 0 bridgehead atoms. The van der Waals surface area contributed by atoms with Gasteiger partial charge >= 0.3 is 5.97 Å². The lowest BCUT2D eigenvalue weighted by molar-refractivity contribution is -0.118. The number of ketones is 1. The van der Waals surface area contributed by atoms with Gasteiger partial charge in [0.15, 0.2) is 5.78 Å². The first-order valence-electron chi connectivity index (χ1n) is 12.1. The maximum absolute atomic E-state index is 13.0. The molecule has 0 unspecified atom stereocenters. The molecule has 0 saturated carbocycles. The minimum Gasteiger partial charge on any atom is -0.489 e.